The topological polar surface area (TPSA) is 47.8 Å². The van der Waals surface area contributed by atoms with Crippen molar-refractivity contribution in [2.45, 2.75) is 52.5 Å². The summed E-state index contributed by atoms with van der Waals surface area (Å²) in [4.78, 5) is 13.3. The second kappa shape index (κ2) is 3.88. The fourth-order valence-corrected chi connectivity index (χ4v) is 2.95. The van der Waals surface area contributed by atoms with E-state index < -0.39 is 0 Å². The molecule has 0 bridgehead atoms. The summed E-state index contributed by atoms with van der Waals surface area (Å²) in [5.74, 6) is 0. The van der Waals surface area contributed by atoms with Crippen LogP contribution < -0.4 is 5.56 Å². The van der Waals surface area contributed by atoms with Crippen molar-refractivity contribution in [1.82, 2.24) is 15.0 Å². The molecule has 0 aliphatic rings. The minimum atomic E-state index is -0.352. The van der Waals surface area contributed by atoms with Crippen LogP contribution in [0.2, 0.25) is 0 Å². The maximum atomic E-state index is 12.6. The molecule has 18 heavy (non-hydrogen) atoms. The monoisotopic (exact) mass is 265 g/mol. The van der Waals surface area contributed by atoms with E-state index in [1.807, 2.05) is 26.2 Å². The first-order valence-electron chi connectivity index (χ1n) is 6.00. The fraction of sp³-hybridized carbons (Fsp3) is 0.615. The maximum absolute atomic E-state index is 12.6. The van der Waals surface area contributed by atoms with E-state index in [2.05, 4.69) is 31.1 Å². The Morgan fingerprint density at radius 1 is 1.17 bits per heavy atom. The molecule has 0 aliphatic heterocycles. The summed E-state index contributed by atoms with van der Waals surface area (Å²) in [6, 6.07) is 0. The normalized spacial score (nSPS) is 13.2. The third-order valence-electron chi connectivity index (χ3n) is 2.85. The molecule has 0 atom stereocenters. The van der Waals surface area contributed by atoms with Crippen LogP contribution in [-0.4, -0.2) is 15.0 Å². The minimum Gasteiger partial charge on any atom is -0.267 e. The lowest BCUT2D eigenvalue weighted by Gasteiger charge is -2.21. The molecule has 2 aromatic rings. The molecular formula is C13H19N3OS. The number of hydrogen-bond acceptors (Lipinski definition) is 4. The van der Waals surface area contributed by atoms with Gasteiger partial charge in [0, 0.05) is 0 Å². The highest BCUT2D eigenvalue weighted by Gasteiger charge is 2.25. The van der Waals surface area contributed by atoms with Gasteiger partial charge in [0.1, 0.15) is 0 Å². The molecule has 0 saturated heterocycles. The molecule has 0 N–H and O–H groups in total. The zero-order valence-corrected chi connectivity index (χ0v) is 12.6. The van der Waals surface area contributed by atoms with Crippen LogP contribution in [0.25, 0.3) is 10.2 Å². The largest absolute Gasteiger partial charge is 0.279 e. The Balaban J connectivity index is 2.85. The molecule has 0 spiro atoms. The molecular weight excluding hydrogens is 246 g/mol. The van der Waals surface area contributed by atoms with E-state index >= 15 is 0 Å². The highest BCUT2D eigenvalue weighted by molar-refractivity contribution is 7.16. The zero-order valence-electron chi connectivity index (χ0n) is 11.7. The van der Waals surface area contributed by atoms with Gasteiger partial charge in [-0.25, -0.2) is 4.68 Å². The lowest BCUT2D eigenvalue weighted by Crippen LogP contribution is -2.37. The van der Waals surface area contributed by atoms with E-state index in [1.54, 1.807) is 0 Å². The molecule has 0 unspecified atom stereocenters. The molecule has 0 radical (unpaired) electrons. The van der Waals surface area contributed by atoms with Crippen molar-refractivity contribution in [1.29, 1.82) is 0 Å². The van der Waals surface area contributed by atoms with Gasteiger partial charge in [0.15, 0.2) is 4.83 Å². The average molecular weight is 265 g/mol. The van der Waals surface area contributed by atoms with Crippen molar-refractivity contribution in [3.63, 3.8) is 0 Å². The first-order chi connectivity index (χ1) is 8.12. The average Bonchev–Trinajstić information content (AvgIpc) is 2.59. The van der Waals surface area contributed by atoms with E-state index in [0.717, 1.165) is 15.8 Å². The van der Waals surface area contributed by atoms with Gasteiger partial charge in [0.25, 0.3) is 5.56 Å². The van der Waals surface area contributed by atoms with Gasteiger partial charge in [0.2, 0.25) is 0 Å². The summed E-state index contributed by atoms with van der Waals surface area (Å²) in [5, 5.41) is 11.0. The van der Waals surface area contributed by atoms with Gasteiger partial charge < -0.3 is 0 Å². The summed E-state index contributed by atoms with van der Waals surface area (Å²) in [6.45, 7) is 12.2. The Kier molecular flexibility index (Phi) is 2.85. The first-order valence-corrected chi connectivity index (χ1v) is 6.88. The van der Waals surface area contributed by atoms with E-state index in [4.69, 9.17) is 0 Å². The third kappa shape index (κ3) is 2.07. The van der Waals surface area contributed by atoms with Gasteiger partial charge in [-0.05, 0) is 37.1 Å². The van der Waals surface area contributed by atoms with Gasteiger partial charge in [-0.15, -0.1) is 16.4 Å². The number of aromatic nitrogens is 3. The Bertz CT molecular complexity index is 641. The predicted octanol–water partition coefficient (Wildman–Crippen LogP) is 2.91. The standard InChI is InChI=1S/C13H19N3OS/c1-12(2,3)8-7-18-10-9(8)11(17)16(15-14-10)13(4,5)6/h7H,1-6H3. The summed E-state index contributed by atoms with van der Waals surface area (Å²) >= 11 is 1.49. The Labute approximate surface area is 111 Å². The second-order valence-corrected chi connectivity index (χ2v) is 7.41. The van der Waals surface area contributed by atoms with E-state index in [-0.39, 0.29) is 16.5 Å². The van der Waals surface area contributed by atoms with Gasteiger partial charge in [-0.3, -0.25) is 4.79 Å². The molecule has 0 aliphatic carbocycles. The van der Waals surface area contributed by atoms with Crippen molar-refractivity contribution in [2.75, 3.05) is 0 Å². The van der Waals surface area contributed by atoms with Crippen molar-refractivity contribution in [3.05, 3.63) is 21.3 Å². The third-order valence-corrected chi connectivity index (χ3v) is 3.71. The van der Waals surface area contributed by atoms with Crippen LogP contribution in [0.1, 0.15) is 47.1 Å². The van der Waals surface area contributed by atoms with Crippen molar-refractivity contribution < 1.29 is 0 Å². The number of nitrogens with zero attached hydrogens (tertiary/aromatic N) is 3. The van der Waals surface area contributed by atoms with Gasteiger partial charge in [0.05, 0.1) is 10.9 Å². The molecule has 2 aromatic heterocycles. The maximum Gasteiger partial charge on any atom is 0.279 e. The van der Waals surface area contributed by atoms with Gasteiger partial charge in [-0.1, -0.05) is 26.0 Å². The Morgan fingerprint density at radius 2 is 1.78 bits per heavy atom. The highest BCUT2D eigenvalue weighted by Crippen LogP contribution is 2.31. The van der Waals surface area contributed by atoms with E-state index in [1.165, 1.54) is 16.0 Å². The number of rotatable bonds is 0. The molecule has 0 saturated carbocycles. The summed E-state index contributed by atoms with van der Waals surface area (Å²) < 4.78 is 1.47. The Morgan fingerprint density at radius 3 is 2.28 bits per heavy atom. The summed E-state index contributed by atoms with van der Waals surface area (Å²) in [5.41, 5.74) is 0.602. The van der Waals surface area contributed by atoms with Crippen molar-refractivity contribution >= 4 is 21.6 Å². The fourth-order valence-electron chi connectivity index (χ4n) is 1.85. The first kappa shape index (κ1) is 13.2. The van der Waals surface area contributed by atoms with Crippen LogP contribution in [0.4, 0.5) is 0 Å². The smallest absolute Gasteiger partial charge is 0.267 e. The quantitative estimate of drug-likeness (QED) is 0.736. The number of thiophene rings is 1. The minimum absolute atomic E-state index is 0.0429. The molecule has 0 amide bonds. The van der Waals surface area contributed by atoms with Crippen LogP contribution in [-0.2, 0) is 11.0 Å². The van der Waals surface area contributed by atoms with Crippen LogP contribution in [0.3, 0.4) is 0 Å². The molecule has 4 nitrogen and oxygen atoms in total. The molecule has 0 fully saturated rings. The van der Waals surface area contributed by atoms with Crippen LogP contribution >= 0.6 is 11.3 Å². The molecule has 0 aromatic carbocycles. The molecule has 5 heteroatoms. The summed E-state index contributed by atoms with van der Waals surface area (Å²) in [6.07, 6.45) is 0. The van der Waals surface area contributed by atoms with Crippen LogP contribution in [0, 0.1) is 0 Å². The van der Waals surface area contributed by atoms with Crippen molar-refractivity contribution in [3.8, 4) is 0 Å². The number of fused-ring (bicyclic) bond motifs is 1. The molecule has 98 valence electrons. The zero-order chi connectivity index (χ0) is 13.7. The lowest BCUT2D eigenvalue weighted by molar-refractivity contribution is 0.327. The Hall–Kier alpha value is -1.23. The van der Waals surface area contributed by atoms with Gasteiger partial charge in [-0.2, -0.15) is 0 Å². The second-order valence-electron chi connectivity index (χ2n) is 6.56. The van der Waals surface area contributed by atoms with E-state index in [0.29, 0.717) is 0 Å². The van der Waals surface area contributed by atoms with Crippen LogP contribution in [0.15, 0.2) is 10.2 Å². The van der Waals surface area contributed by atoms with E-state index in [9.17, 15) is 4.79 Å². The predicted molar refractivity (Wildman–Crippen MR) is 75.4 cm³/mol. The molecule has 2 rings (SSSR count). The van der Waals surface area contributed by atoms with Crippen molar-refractivity contribution in [2.24, 2.45) is 0 Å². The van der Waals surface area contributed by atoms with Crippen LogP contribution in [0.5, 0.6) is 0 Å². The molecule has 2 heterocycles. The SMILES string of the molecule is CC(C)(C)c1csc2nnn(C(C)(C)C)c(=O)c12. The highest BCUT2D eigenvalue weighted by atomic mass is 32.1. The summed E-state index contributed by atoms with van der Waals surface area (Å²) in [7, 11) is 0. The number of hydrogen-bond donors (Lipinski definition) is 0. The lowest BCUT2D eigenvalue weighted by atomic mass is 9.87. The van der Waals surface area contributed by atoms with Gasteiger partial charge >= 0.3 is 0 Å².